The normalized spacial score (nSPS) is 12.0. The van der Waals surface area contributed by atoms with Crippen molar-refractivity contribution in [1.29, 1.82) is 0 Å². The van der Waals surface area contributed by atoms with Crippen molar-refractivity contribution in [3.05, 3.63) is 59.7 Å². The van der Waals surface area contributed by atoms with E-state index in [4.69, 9.17) is 5.11 Å². The van der Waals surface area contributed by atoms with Crippen molar-refractivity contribution >= 4 is 16.8 Å². The number of carbonyl (C=O) groups is 1. The molecule has 0 saturated carbocycles. The van der Waals surface area contributed by atoms with Crippen molar-refractivity contribution < 1.29 is 19.2 Å². The van der Waals surface area contributed by atoms with Crippen LogP contribution in [0.2, 0.25) is 0 Å². The zero-order chi connectivity index (χ0) is 14.5. The van der Waals surface area contributed by atoms with E-state index in [1.165, 1.54) is 0 Å². The van der Waals surface area contributed by atoms with Gasteiger partial charge < -0.3 is 10.2 Å². The molecule has 0 bridgehead atoms. The van der Waals surface area contributed by atoms with E-state index in [0.29, 0.717) is 16.2 Å². The summed E-state index contributed by atoms with van der Waals surface area (Å²) in [5, 5.41) is 17.9. The molecule has 2 aromatic carbocycles. The lowest BCUT2D eigenvalue weighted by Gasteiger charge is -2.04. The number of aromatic hydroxyl groups is 1. The lowest BCUT2D eigenvalue weighted by atomic mass is 10.2. The monoisotopic (exact) mass is 290 g/mol. The summed E-state index contributed by atoms with van der Waals surface area (Å²) in [5.74, 6) is -0.348. The molecule has 2 aromatic rings. The minimum Gasteiger partial charge on any atom is -0.508 e. The van der Waals surface area contributed by atoms with Crippen LogP contribution in [-0.2, 0) is 27.8 Å². The minimum absolute atomic E-state index is 0.0368. The van der Waals surface area contributed by atoms with Gasteiger partial charge in [-0.05, 0) is 35.4 Å². The molecule has 0 radical (unpaired) electrons. The molecule has 0 aliphatic rings. The predicted octanol–water partition coefficient (Wildman–Crippen LogP) is 2.33. The lowest BCUT2D eigenvalue weighted by Crippen LogP contribution is -2.01. The van der Waals surface area contributed by atoms with Crippen molar-refractivity contribution in [1.82, 2.24) is 0 Å². The van der Waals surface area contributed by atoms with Gasteiger partial charge in [0, 0.05) is 4.90 Å². The van der Waals surface area contributed by atoms with E-state index >= 15 is 0 Å². The first-order valence-corrected chi connectivity index (χ1v) is 7.33. The van der Waals surface area contributed by atoms with Gasteiger partial charge in [0.05, 0.1) is 23.0 Å². The molecule has 0 aliphatic carbocycles. The van der Waals surface area contributed by atoms with Crippen LogP contribution in [0, 0.1) is 0 Å². The van der Waals surface area contributed by atoms with Gasteiger partial charge in [0.15, 0.2) is 0 Å². The van der Waals surface area contributed by atoms with Crippen LogP contribution in [0.5, 0.6) is 5.75 Å². The van der Waals surface area contributed by atoms with Crippen LogP contribution in [0.4, 0.5) is 0 Å². The Morgan fingerprint density at radius 2 is 1.50 bits per heavy atom. The number of carboxylic acids is 1. The Labute approximate surface area is 119 Å². The molecule has 4 nitrogen and oxygen atoms in total. The van der Waals surface area contributed by atoms with E-state index in [9.17, 15) is 14.1 Å². The van der Waals surface area contributed by atoms with Gasteiger partial charge in [-0.2, -0.15) is 0 Å². The quantitative estimate of drug-likeness (QED) is 0.886. The standard InChI is InChI=1S/C15H14O4S/c16-13-5-1-12(2-6-13)10-20(19)14-7-3-11(4-8-14)9-15(17)18/h1-8,16H,9-10H2,(H,17,18). The van der Waals surface area contributed by atoms with Crippen molar-refractivity contribution in [3.8, 4) is 5.75 Å². The molecule has 20 heavy (non-hydrogen) atoms. The number of rotatable bonds is 5. The van der Waals surface area contributed by atoms with Gasteiger partial charge in [-0.1, -0.05) is 24.3 Å². The van der Waals surface area contributed by atoms with Crippen LogP contribution in [0.25, 0.3) is 0 Å². The molecule has 0 aliphatic heterocycles. The number of benzene rings is 2. The van der Waals surface area contributed by atoms with Gasteiger partial charge in [-0.25, -0.2) is 0 Å². The Morgan fingerprint density at radius 3 is 2.05 bits per heavy atom. The van der Waals surface area contributed by atoms with E-state index < -0.39 is 16.8 Å². The van der Waals surface area contributed by atoms with E-state index in [1.54, 1.807) is 48.5 Å². The fourth-order valence-corrected chi connectivity index (χ4v) is 2.86. The summed E-state index contributed by atoms with van der Waals surface area (Å²) in [6, 6.07) is 13.3. The number of aliphatic carboxylic acids is 1. The zero-order valence-corrected chi connectivity index (χ0v) is 11.5. The molecule has 5 heteroatoms. The molecule has 0 saturated heterocycles. The first-order valence-electron chi connectivity index (χ1n) is 6.01. The average Bonchev–Trinajstić information content (AvgIpc) is 2.41. The molecule has 0 heterocycles. The molecule has 0 aromatic heterocycles. The fourth-order valence-electron chi connectivity index (χ4n) is 1.76. The van der Waals surface area contributed by atoms with Crippen molar-refractivity contribution in [2.45, 2.75) is 17.1 Å². The second-order valence-electron chi connectivity index (χ2n) is 4.37. The highest BCUT2D eigenvalue weighted by atomic mass is 32.2. The molecule has 1 unspecified atom stereocenters. The SMILES string of the molecule is O=C(O)Cc1ccc(S(=O)Cc2ccc(O)cc2)cc1. The number of phenols is 1. The Morgan fingerprint density at radius 1 is 0.950 bits per heavy atom. The maximum Gasteiger partial charge on any atom is 0.307 e. The van der Waals surface area contributed by atoms with Crippen LogP contribution in [0.3, 0.4) is 0 Å². The van der Waals surface area contributed by atoms with Gasteiger partial charge in [-0.3, -0.25) is 9.00 Å². The highest BCUT2D eigenvalue weighted by Gasteiger charge is 2.06. The van der Waals surface area contributed by atoms with E-state index in [0.717, 1.165) is 5.56 Å². The number of hydrogen-bond acceptors (Lipinski definition) is 3. The molecular weight excluding hydrogens is 276 g/mol. The molecular formula is C15H14O4S. The first kappa shape index (κ1) is 14.3. The topological polar surface area (TPSA) is 74.6 Å². The Kier molecular flexibility index (Phi) is 4.53. The maximum absolute atomic E-state index is 12.2. The molecule has 1 atom stereocenters. The molecule has 2 N–H and O–H groups in total. The van der Waals surface area contributed by atoms with Gasteiger partial charge in [0.1, 0.15) is 5.75 Å². The summed E-state index contributed by atoms with van der Waals surface area (Å²) in [6.45, 7) is 0. The second-order valence-corrected chi connectivity index (χ2v) is 5.82. The van der Waals surface area contributed by atoms with Gasteiger partial charge in [-0.15, -0.1) is 0 Å². The van der Waals surface area contributed by atoms with E-state index in [-0.39, 0.29) is 12.2 Å². The Hall–Kier alpha value is -2.14. The van der Waals surface area contributed by atoms with Crippen LogP contribution in [-0.4, -0.2) is 20.4 Å². The average molecular weight is 290 g/mol. The van der Waals surface area contributed by atoms with Crippen LogP contribution < -0.4 is 0 Å². The summed E-state index contributed by atoms with van der Waals surface area (Å²) in [7, 11) is -1.19. The Bertz CT molecular complexity index is 617. The van der Waals surface area contributed by atoms with Crippen LogP contribution >= 0.6 is 0 Å². The predicted molar refractivity (Wildman–Crippen MR) is 76.0 cm³/mol. The molecule has 104 valence electrons. The van der Waals surface area contributed by atoms with Gasteiger partial charge in [0.25, 0.3) is 0 Å². The van der Waals surface area contributed by atoms with Gasteiger partial charge in [0.2, 0.25) is 0 Å². The fraction of sp³-hybridized carbons (Fsp3) is 0.133. The number of phenolic OH excluding ortho intramolecular Hbond substituents is 1. The third-order valence-electron chi connectivity index (χ3n) is 2.78. The largest absolute Gasteiger partial charge is 0.508 e. The smallest absolute Gasteiger partial charge is 0.307 e. The highest BCUT2D eigenvalue weighted by molar-refractivity contribution is 7.84. The Balaban J connectivity index is 2.05. The summed E-state index contributed by atoms with van der Waals surface area (Å²) in [6.07, 6.45) is -0.0368. The van der Waals surface area contributed by atoms with Crippen molar-refractivity contribution in [2.24, 2.45) is 0 Å². The number of hydrogen-bond donors (Lipinski definition) is 2. The third-order valence-corrected chi connectivity index (χ3v) is 4.17. The highest BCUT2D eigenvalue weighted by Crippen LogP contribution is 2.16. The minimum atomic E-state index is -1.19. The van der Waals surface area contributed by atoms with E-state index in [2.05, 4.69) is 0 Å². The second kappa shape index (κ2) is 6.34. The first-order chi connectivity index (χ1) is 9.54. The molecule has 0 amide bonds. The maximum atomic E-state index is 12.2. The third kappa shape index (κ3) is 3.93. The van der Waals surface area contributed by atoms with Crippen LogP contribution in [0.1, 0.15) is 11.1 Å². The van der Waals surface area contributed by atoms with Gasteiger partial charge >= 0.3 is 5.97 Å². The summed E-state index contributed by atoms with van der Waals surface area (Å²) >= 11 is 0. The van der Waals surface area contributed by atoms with Crippen molar-refractivity contribution in [2.75, 3.05) is 0 Å². The summed E-state index contributed by atoms with van der Waals surface area (Å²) < 4.78 is 12.2. The van der Waals surface area contributed by atoms with Crippen LogP contribution in [0.15, 0.2) is 53.4 Å². The molecule has 0 spiro atoms. The summed E-state index contributed by atoms with van der Waals surface area (Å²) in [5.41, 5.74) is 1.55. The molecule has 2 rings (SSSR count). The molecule has 0 fully saturated rings. The zero-order valence-electron chi connectivity index (χ0n) is 10.7. The van der Waals surface area contributed by atoms with E-state index in [1.807, 2.05) is 0 Å². The summed E-state index contributed by atoms with van der Waals surface area (Å²) in [4.78, 5) is 11.2. The van der Waals surface area contributed by atoms with Crippen molar-refractivity contribution in [3.63, 3.8) is 0 Å². The number of carboxylic acid groups (broad SMARTS) is 1. The lowest BCUT2D eigenvalue weighted by molar-refractivity contribution is -0.136.